The van der Waals surface area contributed by atoms with Gasteiger partial charge in [0.2, 0.25) is 12.7 Å². The Morgan fingerprint density at radius 3 is 2.97 bits per heavy atom. The number of ether oxygens (including phenoxy) is 3. The van der Waals surface area contributed by atoms with E-state index in [1.807, 2.05) is 6.92 Å². The normalized spacial score (nSPS) is 13.5. The number of aliphatic hydroxyl groups excluding tert-OH is 1. The number of aliphatic hydroxyl groups is 1. The highest BCUT2D eigenvalue weighted by Crippen LogP contribution is 2.35. The molecule has 3 N–H and O–H groups in total. The molecule has 0 radical (unpaired) electrons. The molecule has 4 rings (SSSR count). The number of H-pyrrole nitrogens is 1. The molecule has 0 spiro atoms. The predicted octanol–water partition coefficient (Wildman–Crippen LogP) is 2.44. The van der Waals surface area contributed by atoms with Gasteiger partial charge in [-0.3, -0.25) is 4.79 Å². The van der Waals surface area contributed by atoms with Gasteiger partial charge in [-0.25, -0.2) is 4.39 Å². The summed E-state index contributed by atoms with van der Waals surface area (Å²) in [5, 5.41) is 13.5. The fourth-order valence-electron chi connectivity index (χ4n) is 3.26. The minimum absolute atomic E-state index is 0.0112. The van der Waals surface area contributed by atoms with Crippen molar-refractivity contribution < 1.29 is 28.5 Å². The molecule has 2 aromatic carbocycles. The minimum Gasteiger partial charge on any atom is -0.491 e. The smallest absolute Gasteiger partial charge is 0.231 e. The lowest BCUT2D eigenvalue weighted by Gasteiger charge is -2.13. The van der Waals surface area contributed by atoms with Gasteiger partial charge < -0.3 is 29.6 Å². The van der Waals surface area contributed by atoms with Crippen LogP contribution in [0.5, 0.6) is 17.2 Å². The summed E-state index contributed by atoms with van der Waals surface area (Å²) in [7, 11) is 0. The summed E-state index contributed by atoms with van der Waals surface area (Å²) in [5.74, 6) is 1.17. The van der Waals surface area contributed by atoms with Gasteiger partial charge in [0, 0.05) is 29.2 Å². The van der Waals surface area contributed by atoms with Crippen molar-refractivity contribution in [3.63, 3.8) is 0 Å². The molecular weight excluding hydrogens is 379 g/mol. The molecule has 1 unspecified atom stereocenters. The quantitative estimate of drug-likeness (QED) is 0.567. The van der Waals surface area contributed by atoms with E-state index in [1.54, 1.807) is 24.3 Å². The molecule has 0 fully saturated rings. The number of aromatic amines is 1. The highest BCUT2D eigenvalue weighted by atomic mass is 19.1. The number of rotatable bonds is 7. The average Bonchev–Trinajstić information content (AvgIpc) is 3.29. The number of amides is 1. The zero-order valence-corrected chi connectivity index (χ0v) is 15.8. The highest BCUT2D eigenvalue weighted by Gasteiger charge is 2.16. The molecule has 1 amide bonds. The van der Waals surface area contributed by atoms with Crippen LogP contribution in [0.1, 0.15) is 11.3 Å². The fourth-order valence-corrected chi connectivity index (χ4v) is 3.26. The number of hydrogen-bond donors (Lipinski definition) is 3. The van der Waals surface area contributed by atoms with Crippen molar-refractivity contribution in [2.24, 2.45) is 0 Å². The molecule has 7 nitrogen and oxygen atoms in total. The van der Waals surface area contributed by atoms with Gasteiger partial charge in [-0.05, 0) is 42.8 Å². The number of carbonyl (C=O) groups is 1. The number of halogens is 1. The van der Waals surface area contributed by atoms with Crippen LogP contribution in [0.25, 0.3) is 10.9 Å². The van der Waals surface area contributed by atoms with Gasteiger partial charge in [-0.2, -0.15) is 0 Å². The summed E-state index contributed by atoms with van der Waals surface area (Å²) in [6.45, 7) is 2.07. The van der Waals surface area contributed by atoms with Crippen LogP contribution in [0.4, 0.5) is 4.39 Å². The molecule has 3 aromatic rings. The lowest BCUT2D eigenvalue weighted by Crippen LogP contribution is -2.36. The third kappa shape index (κ3) is 4.27. The molecule has 152 valence electrons. The first-order chi connectivity index (χ1) is 14.0. The maximum absolute atomic E-state index is 13.5. The molecule has 0 saturated heterocycles. The van der Waals surface area contributed by atoms with E-state index in [-0.39, 0.29) is 38.1 Å². The van der Waals surface area contributed by atoms with E-state index in [2.05, 4.69) is 10.3 Å². The Hall–Kier alpha value is -3.26. The van der Waals surface area contributed by atoms with E-state index < -0.39 is 6.10 Å². The first-order valence-corrected chi connectivity index (χ1v) is 9.23. The van der Waals surface area contributed by atoms with E-state index in [9.17, 15) is 14.3 Å². The van der Waals surface area contributed by atoms with Crippen molar-refractivity contribution >= 4 is 16.8 Å². The standard InChI is InChI=1S/C21H21FN2O5/c1-12-16(17-6-13(22)2-4-18(17)24-12)8-21(26)23-9-14(25)10-27-15-3-5-19-20(7-15)29-11-28-19/h2-7,14,24-25H,8-11H2,1H3,(H,23,26). The number of nitrogens with one attached hydrogen (secondary N) is 2. The van der Waals surface area contributed by atoms with Gasteiger partial charge >= 0.3 is 0 Å². The van der Waals surface area contributed by atoms with Gasteiger partial charge in [-0.15, -0.1) is 0 Å². The van der Waals surface area contributed by atoms with Crippen LogP contribution in [-0.4, -0.2) is 42.0 Å². The summed E-state index contributed by atoms with van der Waals surface area (Å²) in [6, 6.07) is 9.58. The zero-order chi connectivity index (χ0) is 20.4. The molecule has 29 heavy (non-hydrogen) atoms. The van der Waals surface area contributed by atoms with Crippen molar-refractivity contribution in [2.45, 2.75) is 19.4 Å². The van der Waals surface area contributed by atoms with Crippen LogP contribution in [0.3, 0.4) is 0 Å². The van der Waals surface area contributed by atoms with Crippen LogP contribution in [0, 0.1) is 12.7 Å². The molecule has 2 heterocycles. The van der Waals surface area contributed by atoms with Crippen LogP contribution >= 0.6 is 0 Å². The van der Waals surface area contributed by atoms with E-state index in [1.165, 1.54) is 12.1 Å². The summed E-state index contributed by atoms with van der Waals surface area (Å²) < 4.78 is 29.6. The van der Waals surface area contributed by atoms with E-state index in [0.29, 0.717) is 22.6 Å². The molecule has 1 atom stereocenters. The van der Waals surface area contributed by atoms with Gasteiger partial charge in [0.1, 0.15) is 24.3 Å². The molecule has 0 bridgehead atoms. The number of hydrogen-bond acceptors (Lipinski definition) is 5. The second-order valence-electron chi connectivity index (χ2n) is 6.88. The fraction of sp³-hybridized carbons (Fsp3) is 0.286. The lowest BCUT2D eigenvalue weighted by molar-refractivity contribution is -0.121. The maximum Gasteiger partial charge on any atom is 0.231 e. The Bertz CT molecular complexity index is 1050. The van der Waals surface area contributed by atoms with Crippen LogP contribution in [0.15, 0.2) is 36.4 Å². The average molecular weight is 400 g/mol. The monoisotopic (exact) mass is 400 g/mol. The lowest BCUT2D eigenvalue weighted by atomic mass is 10.1. The second-order valence-corrected chi connectivity index (χ2v) is 6.88. The van der Waals surface area contributed by atoms with Crippen molar-refractivity contribution in [3.05, 3.63) is 53.5 Å². The topological polar surface area (TPSA) is 92.8 Å². The third-order valence-corrected chi connectivity index (χ3v) is 4.74. The Balaban J connectivity index is 1.28. The Morgan fingerprint density at radius 2 is 2.10 bits per heavy atom. The van der Waals surface area contributed by atoms with Gasteiger partial charge in [0.15, 0.2) is 11.5 Å². The summed E-state index contributed by atoms with van der Waals surface area (Å²) in [5.41, 5.74) is 2.33. The first-order valence-electron chi connectivity index (χ1n) is 9.23. The van der Waals surface area contributed by atoms with Crippen LogP contribution in [-0.2, 0) is 11.2 Å². The van der Waals surface area contributed by atoms with E-state index in [4.69, 9.17) is 14.2 Å². The molecule has 0 aliphatic carbocycles. The number of carbonyl (C=O) groups excluding carboxylic acids is 1. The largest absolute Gasteiger partial charge is 0.491 e. The Labute approximate surface area is 166 Å². The number of aromatic nitrogens is 1. The molecule has 1 aliphatic heterocycles. The molecular formula is C21H21FN2O5. The maximum atomic E-state index is 13.5. The molecule has 1 aliphatic rings. The second kappa shape index (κ2) is 8.00. The van der Waals surface area contributed by atoms with Crippen LogP contribution < -0.4 is 19.5 Å². The third-order valence-electron chi connectivity index (χ3n) is 4.74. The first kappa shape index (κ1) is 19.1. The summed E-state index contributed by atoms with van der Waals surface area (Å²) in [4.78, 5) is 15.4. The minimum atomic E-state index is -0.883. The Morgan fingerprint density at radius 1 is 1.28 bits per heavy atom. The van der Waals surface area contributed by atoms with Crippen molar-refractivity contribution in [1.82, 2.24) is 10.3 Å². The van der Waals surface area contributed by atoms with Crippen molar-refractivity contribution in [1.29, 1.82) is 0 Å². The van der Waals surface area contributed by atoms with Gasteiger partial charge in [0.25, 0.3) is 0 Å². The van der Waals surface area contributed by atoms with E-state index >= 15 is 0 Å². The molecule has 8 heteroatoms. The SMILES string of the molecule is Cc1[nH]c2ccc(F)cc2c1CC(=O)NCC(O)COc1ccc2c(c1)OCO2. The van der Waals surface area contributed by atoms with Crippen molar-refractivity contribution in [3.8, 4) is 17.2 Å². The number of fused-ring (bicyclic) bond motifs is 2. The number of aryl methyl sites for hydroxylation is 1. The van der Waals surface area contributed by atoms with E-state index in [0.717, 1.165) is 16.8 Å². The zero-order valence-electron chi connectivity index (χ0n) is 15.8. The highest BCUT2D eigenvalue weighted by molar-refractivity contribution is 5.90. The van der Waals surface area contributed by atoms with Gasteiger partial charge in [-0.1, -0.05) is 0 Å². The molecule has 0 saturated carbocycles. The van der Waals surface area contributed by atoms with Crippen molar-refractivity contribution in [2.75, 3.05) is 19.9 Å². The summed E-state index contributed by atoms with van der Waals surface area (Å²) >= 11 is 0. The van der Waals surface area contributed by atoms with Gasteiger partial charge in [0.05, 0.1) is 6.42 Å². The number of benzene rings is 2. The van der Waals surface area contributed by atoms with Crippen LogP contribution in [0.2, 0.25) is 0 Å². The summed E-state index contributed by atoms with van der Waals surface area (Å²) in [6.07, 6.45) is -0.795. The molecule has 1 aromatic heterocycles. The predicted molar refractivity (Wildman–Crippen MR) is 104 cm³/mol. The Kier molecular flexibility index (Phi) is 5.26.